The number of anilines is 2. The van der Waals surface area contributed by atoms with Gasteiger partial charge in [0, 0.05) is 76.1 Å². The lowest BCUT2D eigenvalue weighted by Crippen LogP contribution is -2.52. The van der Waals surface area contributed by atoms with E-state index in [0.717, 1.165) is 95.6 Å². The summed E-state index contributed by atoms with van der Waals surface area (Å²) in [7, 11) is 0. The molecular formula is C28H43N7O. The van der Waals surface area contributed by atoms with Crippen molar-refractivity contribution in [2.75, 3.05) is 75.2 Å². The van der Waals surface area contributed by atoms with E-state index in [9.17, 15) is 4.79 Å². The average molecular weight is 494 g/mol. The number of rotatable bonds is 7. The highest BCUT2D eigenvalue weighted by molar-refractivity contribution is 5.74. The fraction of sp³-hybridized carbons (Fsp3) is 0.607. The van der Waals surface area contributed by atoms with Gasteiger partial charge < -0.3 is 20.0 Å². The number of benzene rings is 1. The topological polar surface area (TPSA) is 67.8 Å². The van der Waals surface area contributed by atoms with E-state index in [4.69, 9.17) is 4.98 Å². The van der Waals surface area contributed by atoms with Crippen LogP contribution in [0.3, 0.4) is 0 Å². The van der Waals surface area contributed by atoms with Gasteiger partial charge in [-0.05, 0) is 38.4 Å². The summed E-state index contributed by atoms with van der Waals surface area (Å²) < 4.78 is 0. The second-order valence-corrected chi connectivity index (χ2v) is 11.0. The fourth-order valence-electron chi connectivity index (χ4n) is 4.87. The Balaban J connectivity index is 1.10. The third-order valence-corrected chi connectivity index (χ3v) is 7.15. The first-order chi connectivity index (χ1) is 17.3. The van der Waals surface area contributed by atoms with Crippen molar-refractivity contribution in [1.82, 2.24) is 25.1 Å². The second-order valence-electron chi connectivity index (χ2n) is 11.0. The van der Waals surface area contributed by atoms with E-state index in [-0.39, 0.29) is 11.4 Å². The monoisotopic (exact) mass is 493 g/mol. The van der Waals surface area contributed by atoms with Crippen LogP contribution in [0.2, 0.25) is 0 Å². The minimum absolute atomic E-state index is 0.0240. The van der Waals surface area contributed by atoms with Crippen LogP contribution in [0.15, 0.2) is 36.4 Å². The van der Waals surface area contributed by atoms with Crippen LogP contribution >= 0.6 is 0 Å². The normalized spacial score (nSPS) is 17.4. The first kappa shape index (κ1) is 26.2. The molecule has 36 heavy (non-hydrogen) atoms. The van der Waals surface area contributed by atoms with Crippen LogP contribution in [-0.4, -0.2) is 91.2 Å². The molecule has 196 valence electrons. The highest BCUT2D eigenvalue weighted by Gasteiger charge is 2.23. The molecule has 8 heteroatoms. The van der Waals surface area contributed by atoms with Gasteiger partial charge >= 0.3 is 6.03 Å². The van der Waals surface area contributed by atoms with Crippen LogP contribution in [0.1, 0.15) is 45.1 Å². The molecule has 0 unspecified atom stereocenters. The van der Waals surface area contributed by atoms with Crippen LogP contribution < -0.4 is 15.1 Å². The molecule has 2 fully saturated rings. The van der Waals surface area contributed by atoms with Crippen molar-refractivity contribution in [3.8, 4) is 0 Å². The Morgan fingerprint density at radius 2 is 1.56 bits per heavy atom. The summed E-state index contributed by atoms with van der Waals surface area (Å²) in [6.45, 7) is 17.8. The van der Waals surface area contributed by atoms with Gasteiger partial charge in [0.1, 0.15) is 11.6 Å². The molecule has 0 aliphatic carbocycles. The lowest BCUT2D eigenvalue weighted by atomic mass is 9.92. The molecule has 0 saturated carbocycles. The van der Waals surface area contributed by atoms with Gasteiger partial charge in [0.25, 0.3) is 0 Å². The Morgan fingerprint density at radius 3 is 2.22 bits per heavy atom. The minimum Gasteiger partial charge on any atom is -0.368 e. The van der Waals surface area contributed by atoms with Crippen LogP contribution in [0, 0.1) is 6.92 Å². The summed E-state index contributed by atoms with van der Waals surface area (Å²) in [5, 5.41) is 3.12. The number of nitrogens with one attached hydrogen (secondary N) is 1. The van der Waals surface area contributed by atoms with Gasteiger partial charge in [0.05, 0.1) is 5.69 Å². The number of hydrogen-bond acceptors (Lipinski definition) is 6. The van der Waals surface area contributed by atoms with E-state index in [1.165, 1.54) is 5.69 Å². The number of aryl methyl sites for hydroxylation is 1. The number of para-hydroxylation sites is 1. The molecule has 4 rings (SSSR count). The van der Waals surface area contributed by atoms with Crippen LogP contribution in [-0.2, 0) is 5.41 Å². The highest BCUT2D eigenvalue weighted by Crippen LogP contribution is 2.24. The molecule has 2 saturated heterocycles. The smallest absolute Gasteiger partial charge is 0.317 e. The van der Waals surface area contributed by atoms with Crippen molar-refractivity contribution in [1.29, 1.82) is 0 Å². The summed E-state index contributed by atoms with van der Waals surface area (Å²) in [6, 6.07) is 12.7. The molecule has 1 N–H and O–H groups in total. The first-order valence-corrected chi connectivity index (χ1v) is 13.5. The van der Waals surface area contributed by atoms with Crippen molar-refractivity contribution in [2.24, 2.45) is 0 Å². The van der Waals surface area contributed by atoms with Crippen LogP contribution in [0.5, 0.6) is 0 Å². The molecule has 0 bridgehead atoms. The van der Waals surface area contributed by atoms with E-state index >= 15 is 0 Å². The number of amides is 2. The zero-order valence-electron chi connectivity index (χ0n) is 22.5. The fourth-order valence-corrected chi connectivity index (χ4v) is 4.87. The molecule has 1 aromatic carbocycles. The summed E-state index contributed by atoms with van der Waals surface area (Å²) in [5.74, 6) is 1.90. The lowest BCUT2D eigenvalue weighted by molar-refractivity contribution is 0.193. The maximum absolute atomic E-state index is 12.6. The van der Waals surface area contributed by atoms with Crippen molar-refractivity contribution in [3.63, 3.8) is 0 Å². The van der Waals surface area contributed by atoms with Crippen LogP contribution in [0.25, 0.3) is 0 Å². The number of hydrogen-bond donors (Lipinski definition) is 1. The van der Waals surface area contributed by atoms with Crippen molar-refractivity contribution < 1.29 is 4.79 Å². The Morgan fingerprint density at radius 1 is 0.889 bits per heavy atom. The maximum Gasteiger partial charge on any atom is 0.317 e. The molecule has 0 spiro atoms. The summed E-state index contributed by atoms with van der Waals surface area (Å²) in [4.78, 5) is 31.1. The molecule has 0 atom stereocenters. The van der Waals surface area contributed by atoms with E-state index in [1.54, 1.807) is 0 Å². The summed E-state index contributed by atoms with van der Waals surface area (Å²) in [6.07, 6.45) is 2.11. The van der Waals surface area contributed by atoms with Gasteiger partial charge in [-0.3, -0.25) is 4.90 Å². The predicted octanol–water partition coefficient (Wildman–Crippen LogP) is 3.52. The van der Waals surface area contributed by atoms with Crippen molar-refractivity contribution in [3.05, 3.63) is 47.9 Å². The zero-order chi connectivity index (χ0) is 25.5. The molecule has 0 radical (unpaired) electrons. The van der Waals surface area contributed by atoms with E-state index in [0.29, 0.717) is 0 Å². The minimum atomic E-state index is 0.0240. The Labute approximate surface area is 216 Å². The molecule has 2 aliphatic heterocycles. The van der Waals surface area contributed by atoms with Gasteiger partial charge in [-0.1, -0.05) is 39.0 Å². The predicted molar refractivity (Wildman–Crippen MR) is 147 cm³/mol. The molecule has 2 aromatic rings. The third kappa shape index (κ3) is 7.09. The van der Waals surface area contributed by atoms with Gasteiger partial charge in [-0.25, -0.2) is 14.8 Å². The summed E-state index contributed by atoms with van der Waals surface area (Å²) >= 11 is 0. The van der Waals surface area contributed by atoms with E-state index < -0.39 is 0 Å². The van der Waals surface area contributed by atoms with Gasteiger partial charge in [0.15, 0.2) is 0 Å². The molecule has 8 nitrogen and oxygen atoms in total. The number of urea groups is 1. The van der Waals surface area contributed by atoms with E-state index in [2.05, 4.69) is 76.1 Å². The summed E-state index contributed by atoms with van der Waals surface area (Å²) in [5.41, 5.74) is 2.36. The van der Waals surface area contributed by atoms with Crippen molar-refractivity contribution >= 4 is 17.5 Å². The molecule has 2 aliphatic rings. The molecule has 2 amide bonds. The number of nitrogens with zero attached hydrogens (tertiary/aromatic N) is 6. The molecule has 1 aromatic heterocycles. The average Bonchev–Trinajstić information content (AvgIpc) is 2.88. The Kier molecular flexibility index (Phi) is 8.67. The number of carbonyl (C=O) groups is 1. The largest absolute Gasteiger partial charge is 0.368 e. The number of unbranched alkanes of at least 4 members (excludes halogenated alkanes) is 1. The quantitative estimate of drug-likeness (QED) is 0.596. The second kappa shape index (κ2) is 11.9. The number of aromatic nitrogens is 2. The molecular weight excluding hydrogens is 450 g/mol. The highest BCUT2D eigenvalue weighted by atomic mass is 16.2. The van der Waals surface area contributed by atoms with E-state index in [1.807, 2.05) is 17.9 Å². The number of carbonyl (C=O) groups excluding carboxylic acids is 1. The number of piperazine rings is 2. The lowest BCUT2D eigenvalue weighted by Gasteiger charge is -2.36. The zero-order valence-corrected chi connectivity index (χ0v) is 22.5. The molecule has 3 heterocycles. The van der Waals surface area contributed by atoms with Crippen LogP contribution in [0.4, 0.5) is 16.3 Å². The van der Waals surface area contributed by atoms with Crippen molar-refractivity contribution in [2.45, 2.75) is 46.0 Å². The van der Waals surface area contributed by atoms with Gasteiger partial charge in [-0.2, -0.15) is 0 Å². The SMILES string of the molecule is Cc1nc(N2CCN(CCCCNC(=O)N3CCN(c4ccccc4)CC3)CC2)cc(C(C)(C)C)n1. The van der Waals surface area contributed by atoms with Gasteiger partial charge in [0.2, 0.25) is 0 Å². The third-order valence-electron chi connectivity index (χ3n) is 7.15. The Bertz CT molecular complexity index is 975. The first-order valence-electron chi connectivity index (χ1n) is 13.5. The standard InChI is InChI=1S/C28H43N7O/c1-23-30-25(28(2,3)4)22-26(31-23)34-16-14-32(15-17-34)13-9-8-12-29-27(36)35-20-18-33(19-21-35)24-10-6-5-7-11-24/h5-7,10-11,22H,8-9,12-21H2,1-4H3,(H,29,36). The Hall–Kier alpha value is -2.87. The maximum atomic E-state index is 12.6. The van der Waals surface area contributed by atoms with Gasteiger partial charge in [-0.15, -0.1) is 0 Å².